The zero-order valence-corrected chi connectivity index (χ0v) is 12.8. The lowest BCUT2D eigenvalue weighted by Gasteiger charge is -2.26. The quantitative estimate of drug-likeness (QED) is 0.933. The zero-order valence-electron chi connectivity index (χ0n) is 12.8. The van der Waals surface area contributed by atoms with Crippen molar-refractivity contribution >= 4 is 0 Å². The highest BCUT2D eigenvalue weighted by atomic mass is 15.1. The predicted molar refractivity (Wildman–Crippen MR) is 88.7 cm³/mol. The molecule has 110 valence electrons. The van der Waals surface area contributed by atoms with Crippen LogP contribution < -0.4 is 5.73 Å². The van der Waals surface area contributed by atoms with Gasteiger partial charge in [-0.3, -0.25) is 0 Å². The van der Waals surface area contributed by atoms with Crippen molar-refractivity contribution in [3.8, 4) is 0 Å². The van der Waals surface area contributed by atoms with E-state index in [0.717, 1.165) is 25.9 Å². The van der Waals surface area contributed by atoms with Crippen LogP contribution in [0.1, 0.15) is 28.2 Å². The van der Waals surface area contributed by atoms with Crippen molar-refractivity contribution in [3.05, 3.63) is 70.8 Å². The molecule has 0 radical (unpaired) electrons. The molecule has 2 heteroatoms. The summed E-state index contributed by atoms with van der Waals surface area (Å²) < 4.78 is 0. The molecule has 0 atom stereocenters. The van der Waals surface area contributed by atoms with Gasteiger partial charge in [0, 0.05) is 25.6 Å². The molecule has 0 aromatic heterocycles. The van der Waals surface area contributed by atoms with Gasteiger partial charge >= 0.3 is 0 Å². The molecular formula is C19H24N2. The number of fused-ring (bicyclic) bond motifs is 2. The van der Waals surface area contributed by atoms with E-state index >= 15 is 0 Å². The minimum absolute atomic E-state index is 0.455. The first kappa shape index (κ1) is 14.3. The molecular weight excluding hydrogens is 256 g/mol. The van der Waals surface area contributed by atoms with Gasteiger partial charge < -0.3 is 10.6 Å². The predicted octanol–water partition coefficient (Wildman–Crippen LogP) is 2.81. The Morgan fingerprint density at radius 2 is 1.48 bits per heavy atom. The van der Waals surface area contributed by atoms with E-state index in [-0.39, 0.29) is 0 Å². The third kappa shape index (κ3) is 3.02. The monoisotopic (exact) mass is 280 g/mol. The number of hydrogen-bond donors (Lipinski definition) is 1. The summed E-state index contributed by atoms with van der Waals surface area (Å²) in [4.78, 5) is 2.35. The van der Waals surface area contributed by atoms with Gasteiger partial charge in [0.05, 0.1) is 0 Å². The van der Waals surface area contributed by atoms with Crippen molar-refractivity contribution in [3.63, 3.8) is 0 Å². The highest BCUT2D eigenvalue weighted by Gasteiger charge is 2.23. The lowest BCUT2D eigenvalue weighted by Crippen LogP contribution is -2.30. The fraction of sp³-hybridized carbons (Fsp3) is 0.368. The number of nitrogens with zero attached hydrogens (tertiary/aromatic N) is 1. The van der Waals surface area contributed by atoms with Gasteiger partial charge in [-0.15, -0.1) is 0 Å². The second-order valence-electron chi connectivity index (χ2n) is 6.00. The van der Waals surface area contributed by atoms with E-state index in [1.54, 1.807) is 0 Å². The Labute approximate surface area is 127 Å². The van der Waals surface area contributed by atoms with E-state index in [2.05, 4.69) is 60.5 Å². The maximum Gasteiger partial charge on any atom is 0.0222 e. The summed E-state index contributed by atoms with van der Waals surface area (Å²) in [5.41, 5.74) is 11.7. The highest BCUT2D eigenvalue weighted by Crippen LogP contribution is 2.34. The van der Waals surface area contributed by atoms with Gasteiger partial charge in [-0.2, -0.15) is 0 Å². The molecule has 0 aliphatic heterocycles. The van der Waals surface area contributed by atoms with Gasteiger partial charge in [-0.25, -0.2) is 0 Å². The molecule has 0 bridgehead atoms. The van der Waals surface area contributed by atoms with E-state index in [1.165, 1.54) is 22.3 Å². The number of benzene rings is 2. The van der Waals surface area contributed by atoms with Gasteiger partial charge in [0.25, 0.3) is 0 Å². The largest absolute Gasteiger partial charge is 0.329 e. The highest BCUT2D eigenvalue weighted by molar-refractivity contribution is 5.45. The molecule has 0 spiro atoms. The van der Waals surface area contributed by atoms with Gasteiger partial charge in [-0.1, -0.05) is 48.5 Å². The first-order valence-corrected chi connectivity index (χ1v) is 7.84. The summed E-state index contributed by atoms with van der Waals surface area (Å²) >= 11 is 0. The molecule has 0 saturated carbocycles. The van der Waals surface area contributed by atoms with Crippen LogP contribution in [-0.4, -0.2) is 31.6 Å². The number of nitrogens with two attached hydrogens (primary N) is 1. The number of likely N-dealkylation sites (N-methyl/N-ethyl adjacent to an activating group) is 1. The van der Waals surface area contributed by atoms with Crippen LogP contribution in [0, 0.1) is 0 Å². The number of hydrogen-bond acceptors (Lipinski definition) is 2. The van der Waals surface area contributed by atoms with E-state index in [4.69, 9.17) is 5.73 Å². The average molecular weight is 280 g/mol. The molecule has 0 heterocycles. The Morgan fingerprint density at radius 3 is 2.00 bits per heavy atom. The summed E-state index contributed by atoms with van der Waals surface area (Å²) in [5.74, 6) is 0.455. The van der Waals surface area contributed by atoms with Crippen LogP contribution in [0.15, 0.2) is 48.5 Å². The second kappa shape index (κ2) is 6.42. The molecule has 2 aromatic carbocycles. The maximum absolute atomic E-state index is 5.71. The molecule has 2 aromatic rings. The van der Waals surface area contributed by atoms with Gasteiger partial charge in [0.15, 0.2) is 0 Å². The average Bonchev–Trinajstić information content (AvgIpc) is 2.66. The molecule has 1 aliphatic carbocycles. The molecule has 0 unspecified atom stereocenters. The van der Waals surface area contributed by atoms with Crippen molar-refractivity contribution in [2.75, 3.05) is 26.7 Å². The fourth-order valence-corrected chi connectivity index (χ4v) is 3.46. The van der Waals surface area contributed by atoms with Crippen LogP contribution in [0.4, 0.5) is 0 Å². The lowest BCUT2D eigenvalue weighted by molar-refractivity contribution is 0.331. The maximum atomic E-state index is 5.71. The normalized spacial score (nSPS) is 14.6. The van der Waals surface area contributed by atoms with Crippen LogP contribution in [0.5, 0.6) is 0 Å². The number of aryl methyl sites for hydroxylation is 2. The zero-order chi connectivity index (χ0) is 14.7. The van der Waals surface area contributed by atoms with Crippen LogP contribution >= 0.6 is 0 Å². The first-order chi connectivity index (χ1) is 10.3. The van der Waals surface area contributed by atoms with Crippen molar-refractivity contribution < 1.29 is 0 Å². The summed E-state index contributed by atoms with van der Waals surface area (Å²) in [6.45, 7) is 2.69. The van der Waals surface area contributed by atoms with Crippen molar-refractivity contribution in [2.45, 2.75) is 18.8 Å². The summed E-state index contributed by atoms with van der Waals surface area (Å²) in [6, 6.07) is 17.8. The van der Waals surface area contributed by atoms with Crippen molar-refractivity contribution in [2.24, 2.45) is 5.73 Å². The Hall–Kier alpha value is -1.64. The molecule has 21 heavy (non-hydrogen) atoms. The molecule has 3 rings (SSSR count). The van der Waals surface area contributed by atoms with Crippen LogP contribution in [-0.2, 0) is 12.8 Å². The molecule has 0 saturated heterocycles. The minimum atomic E-state index is 0.455. The van der Waals surface area contributed by atoms with E-state index in [0.29, 0.717) is 12.5 Å². The van der Waals surface area contributed by atoms with Crippen LogP contribution in [0.2, 0.25) is 0 Å². The van der Waals surface area contributed by atoms with Crippen LogP contribution in [0.3, 0.4) is 0 Å². The Balaban J connectivity index is 2.02. The Kier molecular flexibility index (Phi) is 4.37. The third-order valence-corrected chi connectivity index (χ3v) is 4.53. The molecule has 0 fully saturated rings. The third-order valence-electron chi connectivity index (χ3n) is 4.53. The standard InChI is InChI=1S/C19H24N2/c1-21(13-12-20)14-19-17-8-4-2-6-15(17)10-11-16-7-3-5-9-18(16)19/h2-9,19H,10-14,20H2,1H3. The first-order valence-electron chi connectivity index (χ1n) is 7.84. The van der Waals surface area contributed by atoms with Crippen LogP contribution in [0.25, 0.3) is 0 Å². The minimum Gasteiger partial charge on any atom is -0.329 e. The molecule has 2 N–H and O–H groups in total. The molecule has 0 amide bonds. The topological polar surface area (TPSA) is 29.3 Å². The lowest BCUT2D eigenvalue weighted by atomic mass is 9.87. The summed E-state index contributed by atoms with van der Waals surface area (Å²) in [6.07, 6.45) is 2.29. The van der Waals surface area contributed by atoms with E-state index in [9.17, 15) is 0 Å². The fourth-order valence-electron chi connectivity index (χ4n) is 3.46. The van der Waals surface area contributed by atoms with E-state index in [1.807, 2.05) is 0 Å². The molecule has 1 aliphatic rings. The SMILES string of the molecule is CN(CCN)CC1c2ccccc2CCc2ccccc21. The van der Waals surface area contributed by atoms with Crippen molar-refractivity contribution in [1.82, 2.24) is 4.90 Å². The van der Waals surface area contributed by atoms with E-state index < -0.39 is 0 Å². The van der Waals surface area contributed by atoms with Gasteiger partial charge in [0.1, 0.15) is 0 Å². The van der Waals surface area contributed by atoms with Gasteiger partial charge in [-0.05, 0) is 42.1 Å². The molecule has 2 nitrogen and oxygen atoms in total. The number of rotatable bonds is 4. The van der Waals surface area contributed by atoms with Crippen molar-refractivity contribution in [1.29, 1.82) is 0 Å². The summed E-state index contributed by atoms with van der Waals surface area (Å²) in [5, 5.41) is 0. The second-order valence-corrected chi connectivity index (χ2v) is 6.00. The Bertz CT molecular complexity index is 559. The van der Waals surface area contributed by atoms with Gasteiger partial charge in [0.2, 0.25) is 0 Å². The smallest absolute Gasteiger partial charge is 0.0222 e. The Morgan fingerprint density at radius 1 is 0.952 bits per heavy atom. The summed E-state index contributed by atoms with van der Waals surface area (Å²) in [7, 11) is 2.17.